The monoisotopic (exact) mass is 375 g/mol. The maximum atomic E-state index is 4.64. The quantitative estimate of drug-likeness (QED) is 0.711. The molecule has 0 saturated carbocycles. The van der Waals surface area contributed by atoms with Gasteiger partial charge in [-0.1, -0.05) is 0 Å². The molecule has 144 valence electrons. The highest BCUT2D eigenvalue weighted by atomic mass is 15.2. The van der Waals surface area contributed by atoms with E-state index in [0.29, 0.717) is 5.95 Å². The van der Waals surface area contributed by atoms with Crippen LogP contribution in [-0.4, -0.2) is 55.2 Å². The number of nitrogens with zero attached hydrogens (tertiary/aromatic N) is 5. The lowest BCUT2D eigenvalue weighted by Gasteiger charge is -2.28. The fraction of sp³-hybridized carbons (Fsp3) is 0.286. The highest BCUT2D eigenvalue weighted by Crippen LogP contribution is 2.22. The molecule has 1 aliphatic rings. The molecule has 1 aromatic carbocycles. The highest BCUT2D eigenvalue weighted by Gasteiger charge is 2.12. The molecule has 0 unspecified atom stereocenters. The average molecular weight is 375 g/mol. The molecule has 0 atom stereocenters. The third-order valence-corrected chi connectivity index (χ3v) is 4.78. The van der Waals surface area contributed by atoms with Crippen molar-refractivity contribution in [1.82, 2.24) is 20.3 Å². The summed E-state index contributed by atoms with van der Waals surface area (Å²) in [6, 6.07) is 14.2. The first-order valence-corrected chi connectivity index (χ1v) is 9.48. The Hall–Kier alpha value is -3.19. The third-order valence-electron chi connectivity index (χ3n) is 4.78. The summed E-state index contributed by atoms with van der Waals surface area (Å²) < 4.78 is 0. The van der Waals surface area contributed by atoms with Crippen LogP contribution < -0.4 is 20.4 Å². The average Bonchev–Trinajstić information content (AvgIpc) is 2.75. The Morgan fingerprint density at radius 1 is 0.964 bits per heavy atom. The van der Waals surface area contributed by atoms with Gasteiger partial charge in [0.1, 0.15) is 5.82 Å². The Balaban J connectivity index is 1.48. The predicted octanol–water partition coefficient (Wildman–Crippen LogP) is 2.76. The van der Waals surface area contributed by atoms with E-state index < -0.39 is 0 Å². The van der Waals surface area contributed by atoms with E-state index in [0.717, 1.165) is 54.6 Å². The van der Waals surface area contributed by atoms with Crippen LogP contribution in [0, 0.1) is 0 Å². The molecule has 0 bridgehead atoms. The number of aromatic nitrogens is 3. The minimum Gasteiger partial charge on any atom is -0.378 e. The van der Waals surface area contributed by atoms with E-state index in [1.54, 1.807) is 6.20 Å². The van der Waals surface area contributed by atoms with Crippen molar-refractivity contribution in [1.29, 1.82) is 0 Å². The van der Waals surface area contributed by atoms with Crippen molar-refractivity contribution in [3.8, 4) is 11.3 Å². The molecular weight excluding hydrogens is 350 g/mol. The summed E-state index contributed by atoms with van der Waals surface area (Å²) in [7, 11) is 4.05. The number of hydrogen-bond acceptors (Lipinski definition) is 7. The fourth-order valence-corrected chi connectivity index (χ4v) is 3.17. The van der Waals surface area contributed by atoms with Crippen LogP contribution in [0.2, 0.25) is 0 Å². The lowest BCUT2D eigenvalue weighted by Crippen LogP contribution is -2.43. The molecule has 1 aliphatic heterocycles. The topological polar surface area (TPSA) is 69.2 Å². The van der Waals surface area contributed by atoms with Gasteiger partial charge in [0.2, 0.25) is 5.95 Å². The van der Waals surface area contributed by atoms with E-state index in [1.807, 2.05) is 38.5 Å². The molecule has 0 aliphatic carbocycles. The minimum atomic E-state index is 0.571. The molecule has 3 heterocycles. The Morgan fingerprint density at radius 2 is 1.75 bits per heavy atom. The SMILES string of the molecule is CN(C)c1ccc(Nc2nccc(-c3ccc(N4CCNCC4)nc3)n2)cc1. The lowest BCUT2D eigenvalue weighted by atomic mass is 10.2. The molecule has 28 heavy (non-hydrogen) atoms. The van der Waals surface area contributed by atoms with Gasteiger partial charge in [-0.25, -0.2) is 15.0 Å². The van der Waals surface area contributed by atoms with Crippen LogP contribution >= 0.6 is 0 Å². The summed E-state index contributed by atoms with van der Waals surface area (Å²) >= 11 is 0. The number of pyridine rings is 1. The number of rotatable bonds is 5. The Labute approximate surface area is 165 Å². The zero-order valence-corrected chi connectivity index (χ0v) is 16.3. The van der Waals surface area contributed by atoms with Gasteiger partial charge in [0.25, 0.3) is 0 Å². The predicted molar refractivity (Wildman–Crippen MR) is 114 cm³/mol. The van der Waals surface area contributed by atoms with E-state index in [2.05, 4.69) is 59.7 Å². The maximum Gasteiger partial charge on any atom is 0.227 e. The second-order valence-electron chi connectivity index (χ2n) is 6.97. The van der Waals surface area contributed by atoms with Crippen LogP contribution in [0.25, 0.3) is 11.3 Å². The van der Waals surface area contributed by atoms with Crippen LogP contribution in [0.15, 0.2) is 54.9 Å². The smallest absolute Gasteiger partial charge is 0.227 e. The highest BCUT2D eigenvalue weighted by molar-refractivity contribution is 5.63. The van der Waals surface area contributed by atoms with Crippen molar-refractivity contribution in [3.63, 3.8) is 0 Å². The lowest BCUT2D eigenvalue weighted by molar-refractivity contribution is 0.585. The Bertz CT molecular complexity index is 901. The van der Waals surface area contributed by atoms with Crippen molar-refractivity contribution in [2.75, 3.05) is 55.4 Å². The number of anilines is 4. The molecular formula is C21H25N7. The molecule has 7 nitrogen and oxygen atoms in total. The largest absolute Gasteiger partial charge is 0.378 e. The van der Waals surface area contributed by atoms with Crippen molar-refractivity contribution < 1.29 is 0 Å². The van der Waals surface area contributed by atoms with Gasteiger partial charge in [-0.05, 0) is 42.5 Å². The fourth-order valence-electron chi connectivity index (χ4n) is 3.17. The van der Waals surface area contributed by atoms with Crippen LogP contribution in [0.1, 0.15) is 0 Å². The molecule has 0 amide bonds. The molecule has 1 fully saturated rings. The second kappa shape index (κ2) is 8.22. The van der Waals surface area contributed by atoms with Crippen LogP contribution in [-0.2, 0) is 0 Å². The van der Waals surface area contributed by atoms with Crippen molar-refractivity contribution in [2.45, 2.75) is 0 Å². The van der Waals surface area contributed by atoms with E-state index in [4.69, 9.17) is 0 Å². The van der Waals surface area contributed by atoms with Gasteiger partial charge in [0, 0.05) is 69.6 Å². The van der Waals surface area contributed by atoms with E-state index >= 15 is 0 Å². The van der Waals surface area contributed by atoms with Gasteiger partial charge in [0.05, 0.1) is 5.69 Å². The number of benzene rings is 1. The molecule has 1 saturated heterocycles. The van der Waals surface area contributed by atoms with Gasteiger partial charge >= 0.3 is 0 Å². The Morgan fingerprint density at radius 3 is 2.43 bits per heavy atom. The van der Waals surface area contributed by atoms with Gasteiger partial charge < -0.3 is 20.4 Å². The van der Waals surface area contributed by atoms with E-state index in [9.17, 15) is 0 Å². The zero-order valence-electron chi connectivity index (χ0n) is 16.3. The third kappa shape index (κ3) is 4.20. The van der Waals surface area contributed by atoms with Gasteiger partial charge in [-0.2, -0.15) is 0 Å². The van der Waals surface area contributed by atoms with Crippen molar-refractivity contribution in [2.24, 2.45) is 0 Å². The van der Waals surface area contributed by atoms with E-state index in [1.165, 1.54) is 0 Å². The summed E-state index contributed by atoms with van der Waals surface area (Å²) in [5, 5.41) is 6.63. The number of nitrogens with one attached hydrogen (secondary N) is 2. The summed E-state index contributed by atoms with van der Waals surface area (Å²) in [4.78, 5) is 18.0. The molecule has 2 aromatic heterocycles. The summed E-state index contributed by atoms with van der Waals surface area (Å²) in [5.74, 6) is 1.58. The first-order chi connectivity index (χ1) is 13.7. The Kier molecular flexibility index (Phi) is 5.34. The number of hydrogen-bond donors (Lipinski definition) is 2. The molecule has 0 spiro atoms. The summed E-state index contributed by atoms with van der Waals surface area (Å²) in [6.45, 7) is 3.97. The molecule has 4 rings (SSSR count). The minimum absolute atomic E-state index is 0.571. The van der Waals surface area contributed by atoms with Crippen molar-refractivity contribution in [3.05, 3.63) is 54.9 Å². The van der Waals surface area contributed by atoms with Gasteiger partial charge in [0.15, 0.2) is 0 Å². The zero-order chi connectivity index (χ0) is 19.3. The van der Waals surface area contributed by atoms with Crippen LogP contribution in [0.5, 0.6) is 0 Å². The van der Waals surface area contributed by atoms with E-state index in [-0.39, 0.29) is 0 Å². The second-order valence-corrected chi connectivity index (χ2v) is 6.97. The first-order valence-electron chi connectivity index (χ1n) is 9.48. The molecule has 0 radical (unpaired) electrons. The van der Waals surface area contributed by atoms with Gasteiger partial charge in [-0.3, -0.25) is 0 Å². The molecule has 3 aromatic rings. The summed E-state index contributed by atoms with van der Waals surface area (Å²) in [6.07, 6.45) is 3.65. The standard InChI is InChI=1S/C21H25N7/c1-27(2)18-6-4-17(5-7-18)25-21-23-10-9-19(26-21)16-3-8-20(24-15-16)28-13-11-22-12-14-28/h3-10,15,22H,11-14H2,1-2H3,(H,23,25,26). The normalized spacial score (nSPS) is 14.0. The molecule has 7 heteroatoms. The maximum absolute atomic E-state index is 4.64. The molecule has 2 N–H and O–H groups in total. The van der Waals surface area contributed by atoms with Gasteiger partial charge in [-0.15, -0.1) is 0 Å². The summed E-state index contributed by atoms with van der Waals surface area (Å²) in [5.41, 5.74) is 3.93. The first kappa shape index (κ1) is 18.2. The number of piperazine rings is 1. The van der Waals surface area contributed by atoms with Crippen LogP contribution in [0.3, 0.4) is 0 Å². The van der Waals surface area contributed by atoms with Crippen LogP contribution in [0.4, 0.5) is 23.1 Å². The van der Waals surface area contributed by atoms with Crippen molar-refractivity contribution >= 4 is 23.1 Å².